The molecule has 3 rings (SSSR count). The normalized spacial score (nSPS) is 19.2. The van der Waals surface area contributed by atoms with Crippen molar-refractivity contribution >= 4 is 11.9 Å². The van der Waals surface area contributed by atoms with E-state index in [1.807, 2.05) is 4.90 Å². The Hall–Kier alpha value is -2.59. The number of carbonyl (C=O) groups excluding carboxylic acids is 1. The van der Waals surface area contributed by atoms with Crippen LogP contribution in [0.25, 0.3) is 0 Å². The molecular formula is C16H21F3N6O2. The third-order valence-electron chi connectivity index (χ3n) is 4.49. The molecule has 2 aromatic rings. The summed E-state index contributed by atoms with van der Waals surface area (Å²) < 4.78 is 44.3. The maximum Gasteiger partial charge on any atom is 0.435 e. The molecule has 27 heavy (non-hydrogen) atoms. The van der Waals surface area contributed by atoms with E-state index in [1.165, 1.54) is 7.05 Å². The van der Waals surface area contributed by atoms with Crippen LogP contribution >= 0.6 is 0 Å². The highest BCUT2D eigenvalue weighted by Gasteiger charge is 2.35. The van der Waals surface area contributed by atoms with Crippen LogP contribution in [0.3, 0.4) is 0 Å². The van der Waals surface area contributed by atoms with Crippen molar-refractivity contribution in [2.75, 3.05) is 18.0 Å². The van der Waals surface area contributed by atoms with Crippen LogP contribution in [0.1, 0.15) is 54.8 Å². The van der Waals surface area contributed by atoms with Crippen LogP contribution in [-0.2, 0) is 13.2 Å². The van der Waals surface area contributed by atoms with E-state index in [4.69, 9.17) is 4.52 Å². The van der Waals surface area contributed by atoms with Gasteiger partial charge < -0.3 is 14.7 Å². The number of aryl methyl sites for hydroxylation is 1. The van der Waals surface area contributed by atoms with E-state index in [1.54, 1.807) is 6.92 Å². The van der Waals surface area contributed by atoms with Crippen LogP contribution in [0.2, 0.25) is 0 Å². The lowest BCUT2D eigenvalue weighted by atomic mass is 10.0. The van der Waals surface area contributed by atoms with Gasteiger partial charge in [-0.1, -0.05) is 6.92 Å². The molecule has 2 atom stereocenters. The number of aromatic nitrogens is 4. The topological polar surface area (TPSA) is 89.1 Å². The number of hydrogen-bond acceptors (Lipinski definition) is 6. The van der Waals surface area contributed by atoms with Crippen LogP contribution in [0, 0.1) is 5.92 Å². The first-order valence-electron chi connectivity index (χ1n) is 8.65. The SMILES string of the molecule is C[C@@H]1CCCN(c2noc([C@H](C)NC(=O)c3cc(C(F)(F)F)nn3C)n2)C1. The Balaban J connectivity index is 1.68. The molecule has 0 spiro atoms. The molecular weight excluding hydrogens is 365 g/mol. The minimum Gasteiger partial charge on any atom is -0.339 e. The zero-order valence-electron chi connectivity index (χ0n) is 15.2. The molecule has 8 nitrogen and oxygen atoms in total. The number of carbonyl (C=O) groups is 1. The molecule has 1 amide bonds. The van der Waals surface area contributed by atoms with Gasteiger partial charge in [-0.05, 0) is 30.8 Å². The van der Waals surface area contributed by atoms with Crippen molar-refractivity contribution in [3.63, 3.8) is 0 Å². The number of hydrogen-bond donors (Lipinski definition) is 1. The van der Waals surface area contributed by atoms with Crippen LogP contribution in [0.5, 0.6) is 0 Å². The molecule has 1 saturated heterocycles. The molecule has 0 bridgehead atoms. The van der Waals surface area contributed by atoms with Crippen LogP contribution < -0.4 is 10.2 Å². The Bertz CT molecular complexity index is 815. The summed E-state index contributed by atoms with van der Waals surface area (Å²) in [5.74, 6) is 0.470. The predicted octanol–water partition coefficient (Wildman–Crippen LogP) is 2.55. The van der Waals surface area contributed by atoms with Crippen LogP contribution in [0.4, 0.5) is 19.1 Å². The van der Waals surface area contributed by atoms with E-state index in [9.17, 15) is 18.0 Å². The molecule has 148 valence electrons. The molecule has 2 aromatic heterocycles. The first-order chi connectivity index (χ1) is 12.6. The van der Waals surface area contributed by atoms with Crippen molar-refractivity contribution in [2.45, 2.75) is 38.9 Å². The summed E-state index contributed by atoms with van der Waals surface area (Å²) in [6.07, 6.45) is -2.42. The quantitative estimate of drug-likeness (QED) is 0.869. The third-order valence-corrected chi connectivity index (χ3v) is 4.49. The van der Waals surface area contributed by atoms with Gasteiger partial charge in [-0.3, -0.25) is 9.48 Å². The second kappa shape index (κ2) is 7.20. The predicted molar refractivity (Wildman–Crippen MR) is 89.0 cm³/mol. The fraction of sp³-hybridized carbons (Fsp3) is 0.625. The summed E-state index contributed by atoms with van der Waals surface area (Å²) in [5, 5.41) is 9.84. The van der Waals surface area contributed by atoms with Crippen molar-refractivity contribution in [2.24, 2.45) is 13.0 Å². The second-order valence-electron chi connectivity index (χ2n) is 6.86. The maximum absolute atomic E-state index is 12.7. The monoisotopic (exact) mass is 386 g/mol. The number of anilines is 1. The van der Waals surface area contributed by atoms with Crippen molar-refractivity contribution in [3.05, 3.63) is 23.3 Å². The maximum atomic E-state index is 12.7. The largest absolute Gasteiger partial charge is 0.435 e. The highest BCUT2D eigenvalue weighted by molar-refractivity contribution is 5.92. The molecule has 0 radical (unpaired) electrons. The van der Waals surface area contributed by atoms with E-state index in [2.05, 4.69) is 27.5 Å². The van der Waals surface area contributed by atoms with Gasteiger partial charge in [0.25, 0.3) is 17.7 Å². The molecule has 0 saturated carbocycles. The lowest BCUT2D eigenvalue weighted by molar-refractivity contribution is -0.141. The Morgan fingerprint density at radius 2 is 2.19 bits per heavy atom. The lowest BCUT2D eigenvalue weighted by Crippen LogP contribution is -2.35. The van der Waals surface area contributed by atoms with E-state index in [0.29, 0.717) is 17.9 Å². The fourth-order valence-corrected chi connectivity index (χ4v) is 3.05. The van der Waals surface area contributed by atoms with Gasteiger partial charge in [0.05, 0.1) is 0 Å². The lowest BCUT2D eigenvalue weighted by Gasteiger charge is -2.29. The second-order valence-corrected chi connectivity index (χ2v) is 6.86. The average molecular weight is 386 g/mol. The zero-order chi connectivity index (χ0) is 19.8. The Morgan fingerprint density at radius 1 is 1.44 bits per heavy atom. The summed E-state index contributed by atoms with van der Waals surface area (Å²) >= 11 is 0. The average Bonchev–Trinajstić information content (AvgIpc) is 3.21. The molecule has 1 fully saturated rings. The van der Waals surface area contributed by atoms with E-state index in [-0.39, 0.29) is 11.6 Å². The number of halogens is 3. The van der Waals surface area contributed by atoms with Gasteiger partial charge in [0.1, 0.15) is 11.7 Å². The van der Waals surface area contributed by atoms with Crippen LogP contribution in [-0.4, -0.2) is 38.9 Å². The summed E-state index contributed by atoms with van der Waals surface area (Å²) in [4.78, 5) is 18.6. The summed E-state index contributed by atoms with van der Waals surface area (Å²) in [7, 11) is 1.27. The molecule has 3 heterocycles. The minimum atomic E-state index is -4.62. The van der Waals surface area contributed by atoms with Gasteiger partial charge in [0.15, 0.2) is 5.69 Å². The van der Waals surface area contributed by atoms with Crippen LogP contribution in [0.15, 0.2) is 10.6 Å². The van der Waals surface area contributed by atoms with E-state index < -0.39 is 23.8 Å². The van der Waals surface area contributed by atoms with Gasteiger partial charge in [-0.25, -0.2) is 0 Å². The molecule has 1 aliphatic heterocycles. The molecule has 1 N–H and O–H groups in total. The zero-order valence-corrected chi connectivity index (χ0v) is 15.2. The molecule has 0 aromatic carbocycles. The van der Waals surface area contributed by atoms with Crippen molar-refractivity contribution in [1.82, 2.24) is 25.2 Å². The third kappa shape index (κ3) is 4.22. The van der Waals surface area contributed by atoms with E-state index in [0.717, 1.165) is 30.6 Å². The highest BCUT2D eigenvalue weighted by atomic mass is 19.4. The molecule has 0 unspecified atom stereocenters. The molecule has 11 heteroatoms. The van der Waals surface area contributed by atoms with Gasteiger partial charge in [0, 0.05) is 26.2 Å². The molecule has 1 aliphatic rings. The number of amides is 1. The summed E-state index contributed by atoms with van der Waals surface area (Å²) in [6, 6.07) is 0.0429. The Morgan fingerprint density at radius 3 is 2.81 bits per heavy atom. The van der Waals surface area contributed by atoms with Crippen molar-refractivity contribution in [1.29, 1.82) is 0 Å². The minimum absolute atomic E-state index is 0.190. The highest BCUT2D eigenvalue weighted by Crippen LogP contribution is 2.28. The van der Waals surface area contributed by atoms with Crippen molar-refractivity contribution in [3.8, 4) is 0 Å². The van der Waals surface area contributed by atoms with Gasteiger partial charge in [-0.15, -0.1) is 0 Å². The molecule has 0 aliphatic carbocycles. The van der Waals surface area contributed by atoms with Crippen molar-refractivity contribution < 1.29 is 22.5 Å². The van der Waals surface area contributed by atoms with Gasteiger partial charge in [-0.2, -0.15) is 23.3 Å². The Labute approximate surface area is 153 Å². The van der Waals surface area contributed by atoms with Gasteiger partial charge in [0.2, 0.25) is 0 Å². The first-order valence-corrected chi connectivity index (χ1v) is 8.65. The first kappa shape index (κ1) is 19.2. The summed E-state index contributed by atoms with van der Waals surface area (Å²) in [5.41, 5.74) is -1.33. The number of alkyl halides is 3. The standard InChI is InChI=1S/C16H21F3N6O2/c1-9-5-4-6-25(8-9)15-21-14(27-23-15)10(2)20-13(26)11-7-12(16(17,18)19)22-24(11)3/h7,9-10H,4-6,8H2,1-3H3,(H,20,26)/t9-,10+/m1/s1. The number of nitrogens with one attached hydrogen (secondary N) is 1. The summed E-state index contributed by atoms with van der Waals surface area (Å²) in [6.45, 7) is 5.43. The fourth-order valence-electron chi connectivity index (χ4n) is 3.05. The smallest absolute Gasteiger partial charge is 0.339 e. The number of rotatable bonds is 4. The number of nitrogens with zero attached hydrogens (tertiary/aromatic N) is 5. The Kier molecular flexibility index (Phi) is 5.11. The number of piperidine rings is 1. The van der Waals surface area contributed by atoms with Gasteiger partial charge >= 0.3 is 6.18 Å². The van der Waals surface area contributed by atoms with E-state index >= 15 is 0 Å².